The molecule has 2 aliphatic carbocycles. The molecule has 0 saturated heterocycles. The molecule has 2 aromatic rings. The Hall–Kier alpha value is -2.56. The first kappa shape index (κ1) is 24.6. The molecular formula is C29H38O5. The normalized spacial score (nSPS) is 25.1. The maximum absolute atomic E-state index is 13.1. The third kappa shape index (κ3) is 5.08. The van der Waals surface area contributed by atoms with E-state index in [0.717, 1.165) is 68.1 Å². The van der Waals surface area contributed by atoms with Crippen LogP contribution >= 0.6 is 0 Å². The van der Waals surface area contributed by atoms with Crippen molar-refractivity contribution in [2.75, 3.05) is 0 Å². The summed E-state index contributed by atoms with van der Waals surface area (Å²) in [6.07, 6.45) is 10.1. The molecule has 0 unspecified atom stereocenters. The smallest absolute Gasteiger partial charge is 0.333 e. The highest BCUT2D eigenvalue weighted by molar-refractivity contribution is 5.88. The van der Waals surface area contributed by atoms with Crippen LogP contribution < -0.4 is 0 Å². The lowest BCUT2D eigenvalue weighted by Crippen LogP contribution is -2.43. The third-order valence-electron chi connectivity index (χ3n) is 7.98. The van der Waals surface area contributed by atoms with Crippen molar-refractivity contribution in [3.8, 4) is 0 Å². The largest absolute Gasteiger partial charge is 0.457 e. The summed E-state index contributed by atoms with van der Waals surface area (Å²) < 4.78 is 17.8. The topological polar surface area (TPSA) is 65.7 Å². The first-order chi connectivity index (χ1) is 16.1. The Morgan fingerprint density at radius 1 is 1.09 bits per heavy atom. The van der Waals surface area contributed by atoms with Gasteiger partial charge < -0.3 is 13.9 Å². The van der Waals surface area contributed by atoms with Crippen LogP contribution in [0.2, 0.25) is 0 Å². The lowest BCUT2D eigenvalue weighted by Gasteiger charge is -2.42. The summed E-state index contributed by atoms with van der Waals surface area (Å²) in [7, 11) is 0. The Kier molecular flexibility index (Phi) is 6.93. The van der Waals surface area contributed by atoms with E-state index >= 15 is 0 Å². The summed E-state index contributed by atoms with van der Waals surface area (Å²) in [5, 5.41) is 0. The molecule has 5 nitrogen and oxygen atoms in total. The molecule has 4 rings (SSSR count). The summed E-state index contributed by atoms with van der Waals surface area (Å²) in [6, 6.07) is 6.03. The van der Waals surface area contributed by atoms with Crippen LogP contribution in [0.5, 0.6) is 0 Å². The van der Waals surface area contributed by atoms with Gasteiger partial charge in [-0.25, -0.2) is 9.59 Å². The molecule has 2 heterocycles. The number of carbonyl (C=O) groups excluding carboxylic acids is 2. The molecule has 2 bridgehead atoms. The zero-order valence-electron chi connectivity index (χ0n) is 21.1. The van der Waals surface area contributed by atoms with Gasteiger partial charge in [-0.05, 0) is 95.2 Å². The second-order valence-corrected chi connectivity index (χ2v) is 10.9. The van der Waals surface area contributed by atoms with E-state index in [1.54, 1.807) is 6.92 Å². The number of furan rings is 2. The van der Waals surface area contributed by atoms with Gasteiger partial charge in [-0.3, -0.25) is 0 Å². The average molecular weight is 467 g/mol. The van der Waals surface area contributed by atoms with Gasteiger partial charge in [0.05, 0.1) is 0 Å². The number of hydrogen-bond donors (Lipinski definition) is 0. The van der Waals surface area contributed by atoms with Crippen molar-refractivity contribution in [2.24, 2.45) is 11.8 Å². The highest BCUT2D eigenvalue weighted by Crippen LogP contribution is 2.42. The minimum absolute atomic E-state index is 0.214. The monoisotopic (exact) mass is 466 g/mol. The second kappa shape index (κ2) is 9.59. The van der Waals surface area contributed by atoms with Crippen LogP contribution in [-0.2, 0) is 25.5 Å². The van der Waals surface area contributed by atoms with Crippen LogP contribution in [-0.4, -0.2) is 23.1 Å². The molecule has 2 fully saturated rings. The molecule has 2 aliphatic rings. The molecule has 0 spiro atoms. The highest BCUT2D eigenvalue weighted by atomic mass is 16.6. The van der Waals surface area contributed by atoms with Crippen molar-refractivity contribution >= 4 is 23.1 Å². The number of fused-ring (bicyclic) bond motifs is 2. The number of rotatable bonds is 8. The fraction of sp³-hybridized carbons (Fsp3) is 0.586. The van der Waals surface area contributed by atoms with E-state index in [4.69, 9.17) is 13.9 Å². The Balaban J connectivity index is 1.39. The predicted octanol–water partition coefficient (Wildman–Crippen LogP) is 6.92. The minimum atomic E-state index is -0.455. The first-order valence-corrected chi connectivity index (χ1v) is 12.7. The third-order valence-corrected chi connectivity index (χ3v) is 7.98. The number of ether oxygens (including phenoxy) is 2. The Morgan fingerprint density at radius 2 is 1.76 bits per heavy atom. The molecule has 0 radical (unpaired) electrons. The number of benzene rings is 1. The lowest BCUT2D eigenvalue weighted by molar-refractivity contribution is -0.165. The van der Waals surface area contributed by atoms with E-state index in [1.165, 1.54) is 0 Å². The van der Waals surface area contributed by atoms with E-state index in [1.807, 2.05) is 19.1 Å². The highest BCUT2D eigenvalue weighted by Gasteiger charge is 2.42. The fourth-order valence-corrected chi connectivity index (χ4v) is 5.73. The molecule has 34 heavy (non-hydrogen) atoms. The minimum Gasteiger partial charge on any atom is -0.457 e. The lowest BCUT2D eigenvalue weighted by atomic mass is 9.72. The van der Waals surface area contributed by atoms with Gasteiger partial charge in [-0.1, -0.05) is 26.5 Å². The summed E-state index contributed by atoms with van der Waals surface area (Å²) in [5.74, 6) is -0.0215. The molecule has 184 valence electrons. The number of hydrogen-bond acceptors (Lipinski definition) is 5. The van der Waals surface area contributed by atoms with Crippen LogP contribution in [0.3, 0.4) is 0 Å². The van der Waals surface area contributed by atoms with Crippen molar-refractivity contribution in [3.63, 3.8) is 0 Å². The van der Waals surface area contributed by atoms with Crippen LogP contribution in [0, 0.1) is 11.8 Å². The van der Waals surface area contributed by atoms with E-state index in [0.29, 0.717) is 17.6 Å². The van der Waals surface area contributed by atoms with Crippen LogP contribution in [0.25, 0.3) is 11.2 Å². The summed E-state index contributed by atoms with van der Waals surface area (Å²) >= 11 is 0. The van der Waals surface area contributed by atoms with Crippen molar-refractivity contribution in [2.45, 2.75) is 96.7 Å². The summed E-state index contributed by atoms with van der Waals surface area (Å²) in [4.78, 5) is 25.3. The first-order valence-electron chi connectivity index (χ1n) is 12.7. The molecule has 0 aromatic carbocycles. The van der Waals surface area contributed by atoms with Crippen molar-refractivity contribution in [1.29, 1.82) is 0 Å². The molecular weight excluding hydrogens is 428 g/mol. The average Bonchev–Trinajstić information content (AvgIpc) is 3.53. The molecule has 0 atom stereocenters. The maximum atomic E-state index is 13.1. The molecule has 2 saturated carbocycles. The van der Waals surface area contributed by atoms with Crippen molar-refractivity contribution in [3.05, 3.63) is 47.6 Å². The molecule has 5 heteroatoms. The molecule has 2 aromatic heterocycles. The number of esters is 2. The Labute approximate surface area is 202 Å². The van der Waals surface area contributed by atoms with Gasteiger partial charge in [0.15, 0.2) is 0 Å². The van der Waals surface area contributed by atoms with Gasteiger partial charge in [0.25, 0.3) is 0 Å². The predicted molar refractivity (Wildman–Crippen MR) is 133 cm³/mol. The van der Waals surface area contributed by atoms with E-state index in [-0.39, 0.29) is 23.8 Å². The standard InChI is InChI=1S/C29H38O5/c1-19(2)26(30)34-29(20(3)4)14-10-22(11-15-29)16-21(5)27(31)33-28(12-6-7-13-28)18-23-17-24-8-9-25(23)32-24/h8-9,16-17,20,22H,1,6-7,10-15,18H2,2-5H3/b21-16+. The Bertz CT molecular complexity index is 1060. The van der Waals surface area contributed by atoms with Crippen molar-refractivity contribution < 1.29 is 23.5 Å². The molecule has 0 aliphatic heterocycles. The van der Waals surface area contributed by atoms with Gasteiger partial charge in [0.2, 0.25) is 0 Å². The Morgan fingerprint density at radius 3 is 2.29 bits per heavy atom. The van der Waals surface area contributed by atoms with Gasteiger partial charge >= 0.3 is 11.9 Å². The summed E-state index contributed by atoms with van der Waals surface area (Å²) in [6.45, 7) is 11.5. The van der Waals surface area contributed by atoms with Gasteiger partial charge in [-0.2, -0.15) is 0 Å². The van der Waals surface area contributed by atoms with E-state index in [2.05, 4.69) is 32.6 Å². The molecule has 0 N–H and O–H groups in total. The van der Waals surface area contributed by atoms with Gasteiger partial charge in [-0.15, -0.1) is 0 Å². The van der Waals surface area contributed by atoms with E-state index in [9.17, 15) is 9.59 Å². The fourth-order valence-electron chi connectivity index (χ4n) is 5.73. The quantitative estimate of drug-likeness (QED) is 0.312. The zero-order valence-corrected chi connectivity index (χ0v) is 21.1. The molecule has 0 amide bonds. The van der Waals surface area contributed by atoms with E-state index < -0.39 is 11.2 Å². The van der Waals surface area contributed by atoms with Gasteiger partial charge in [0, 0.05) is 23.1 Å². The zero-order chi connectivity index (χ0) is 24.5. The van der Waals surface area contributed by atoms with Crippen LogP contribution in [0.4, 0.5) is 0 Å². The maximum Gasteiger partial charge on any atom is 0.333 e. The van der Waals surface area contributed by atoms with Crippen LogP contribution in [0.15, 0.2) is 46.4 Å². The van der Waals surface area contributed by atoms with Crippen molar-refractivity contribution in [1.82, 2.24) is 0 Å². The second-order valence-electron chi connectivity index (χ2n) is 10.9. The number of allylic oxidation sites excluding steroid dienone is 1. The summed E-state index contributed by atoms with van der Waals surface area (Å²) in [5.41, 5.74) is 3.12. The SMILES string of the molecule is C=C(C)C(=O)OC1(C(C)C)CCC(/C=C(\C)C(=O)OC2(Cc3cc4ccc3o4)CCCC2)CC1. The van der Waals surface area contributed by atoms with Gasteiger partial charge in [0.1, 0.15) is 22.4 Å². The number of carbonyl (C=O) groups is 2. The van der Waals surface area contributed by atoms with Crippen LogP contribution in [0.1, 0.15) is 84.6 Å².